The number of nitrogens with zero attached hydrogens (tertiary/aromatic N) is 2. The molecule has 1 unspecified atom stereocenters. The van der Waals surface area contributed by atoms with E-state index < -0.39 is 0 Å². The Bertz CT molecular complexity index is 470. The molecule has 0 radical (unpaired) electrons. The lowest BCUT2D eigenvalue weighted by Crippen LogP contribution is -2.52. The van der Waals surface area contributed by atoms with Crippen molar-refractivity contribution in [3.05, 3.63) is 10.6 Å². The van der Waals surface area contributed by atoms with Gasteiger partial charge in [-0.25, -0.2) is 4.98 Å². The number of anilines is 1. The normalized spacial score (nSPS) is 22.0. The van der Waals surface area contributed by atoms with E-state index in [4.69, 9.17) is 9.72 Å². The van der Waals surface area contributed by atoms with Gasteiger partial charge in [0.15, 0.2) is 5.13 Å². The van der Waals surface area contributed by atoms with Crippen LogP contribution in [0.5, 0.6) is 0 Å². The van der Waals surface area contributed by atoms with Gasteiger partial charge in [0.2, 0.25) is 0 Å². The number of morpholine rings is 1. The Morgan fingerprint density at radius 2 is 2.19 bits per heavy atom. The highest BCUT2D eigenvalue weighted by Gasteiger charge is 2.33. The summed E-state index contributed by atoms with van der Waals surface area (Å²) in [6.07, 6.45) is 0.248. The average molecular weight is 311 g/mol. The van der Waals surface area contributed by atoms with E-state index in [1.807, 2.05) is 11.3 Å². The summed E-state index contributed by atoms with van der Waals surface area (Å²) in [6.45, 7) is 16.8. The van der Waals surface area contributed by atoms with Crippen molar-refractivity contribution in [2.45, 2.75) is 65.7 Å². The third kappa shape index (κ3) is 4.18. The lowest BCUT2D eigenvalue weighted by Gasteiger charge is -2.41. The predicted octanol–water partition coefficient (Wildman–Crippen LogP) is 3.38. The zero-order chi connectivity index (χ0) is 15.6. The van der Waals surface area contributed by atoms with Crippen molar-refractivity contribution >= 4 is 16.5 Å². The Labute approximate surface area is 132 Å². The second kappa shape index (κ2) is 6.63. The maximum Gasteiger partial charge on any atom is 0.186 e. The van der Waals surface area contributed by atoms with Crippen LogP contribution in [0.15, 0.2) is 0 Å². The van der Waals surface area contributed by atoms with Crippen molar-refractivity contribution in [1.82, 2.24) is 10.3 Å². The molecule has 2 heterocycles. The van der Waals surface area contributed by atoms with Gasteiger partial charge in [0.25, 0.3) is 0 Å². The number of hydrogen-bond donors (Lipinski definition) is 1. The van der Waals surface area contributed by atoms with E-state index in [0.29, 0.717) is 5.92 Å². The van der Waals surface area contributed by atoms with Gasteiger partial charge in [-0.2, -0.15) is 0 Å². The molecular formula is C16H29N3OS. The number of ether oxygens (including phenoxy) is 1. The standard InChI is InChI=1S/C16H29N3OS/c1-7-17-8-13-14(11(2)3)18-15(21-13)19-9-12(4)20-16(5,6)10-19/h11-12,17H,7-10H2,1-6H3. The first-order chi connectivity index (χ1) is 9.82. The molecule has 2 rings (SSSR count). The fourth-order valence-electron chi connectivity index (χ4n) is 2.90. The van der Waals surface area contributed by atoms with E-state index in [-0.39, 0.29) is 11.7 Å². The topological polar surface area (TPSA) is 37.4 Å². The third-order valence-corrected chi connectivity index (χ3v) is 4.77. The average Bonchev–Trinajstić information content (AvgIpc) is 2.78. The summed E-state index contributed by atoms with van der Waals surface area (Å²) in [5, 5.41) is 4.58. The lowest BCUT2D eigenvalue weighted by atomic mass is 10.1. The maximum atomic E-state index is 6.00. The van der Waals surface area contributed by atoms with Crippen LogP contribution < -0.4 is 10.2 Å². The molecule has 4 nitrogen and oxygen atoms in total. The lowest BCUT2D eigenvalue weighted by molar-refractivity contribution is -0.0749. The Hall–Kier alpha value is -0.650. The Kier molecular flexibility index (Phi) is 5.28. The van der Waals surface area contributed by atoms with Gasteiger partial charge >= 0.3 is 0 Å². The van der Waals surface area contributed by atoms with Crippen LogP contribution in [0.2, 0.25) is 0 Å². The monoisotopic (exact) mass is 311 g/mol. The summed E-state index contributed by atoms with van der Waals surface area (Å²) in [4.78, 5) is 8.70. The summed E-state index contributed by atoms with van der Waals surface area (Å²) in [6, 6.07) is 0. The van der Waals surface area contributed by atoms with Crippen molar-refractivity contribution < 1.29 is 4.74 Å². The minimum atomic E-state index is -0.108. The Morgan fingerprint density at radius 3 is 2.76 bits per heavy atom. The first-order valence-electron chi connectivity index (χ1n) is 7.95. The molecule has 1 aliphatic heterocycles. The number of hydrogen-bond acceptors (Lipinski definition) is 5. The van der Waals surface area contributed by atoms with Gasteiger partial charge < -0.3 is 15.0 Å². The van der Waals surface area contributed by atoms with E-state index in [0.717, 1.165) is 31.3 Å². The molecule has 1 N–H and O–H groups in total. The first-order valence-corrected chi connectivity index (χ1v) is 8.77. The highest BCUT2D eigenvalue weighted by Crippen LogP contribution is 2.33. The maximum absolute atomic E-state index is 6.00. The van der Waals surface area contributed by atoms with E-state index in [2.05, 4.69) is 51.8 Å². The molecule has 0 saturated carbocycles. The van der Waals surface area contributed by atoms with Crippen LogP contribution in [0.25, 0.3) is 0 Å². The molecule has 0 bridgehead atoms. The predicted molar refractivity (Wildman–Crippen MR) is 90.4 cm³/mol. The van der Waals surface area contributed by atoms with E-state index in [1.54, 1.807) is 0 Å². The van der Waals surface area contributed by atoms with Crippen LogP contribution in [0.4, 0.5) is 5.13 Å². The van der Waals surface area contributed by atoms with Gasteiger partial charge in [-0.1, -0.05) is 20.8 Å². The van der Waals surface area contributed by atoms with Gasteiger partial charge in [-0.3, -0.25) is 0 Å². The molecule has 0 spiro atoms. The minimum Gasteiger partial charge on any atom is -0.369 e. The van der Waals surface area contributed by atoms with E-state index >= 15 is 0 Å². The van der Waals surface area contributed by atoms with Crippen molar-refractivity contribution in [2.24, 2.45) is 0 Å². The van der Waals surface area contributed by atoms with Crippen molar-refractivity contribution in [2.75, 3.05) is 24.5 Å². The van der Waals surface area contributed by atoms with Crippen LogP contribution in [0.1, 0.15) is 58.0 Å². The fraction of sp³-hybridized carbons (Fsp3) is 0.812. The second-order valence-electron chi connectivity index (χ2n) is 6.81. The molecule has 1 aromatic rings. The van der Waals surface area contributed by atoms with E-state index in [9.17, 15) is 0 Å². The van der Waals surface area contributed by atoms with Crippen LogP contribution >= 0.6 is 11.3 Å². The molecule has 0 aromatic carbocycles. The van der Waals surface area contributed by atoms with Crippen molar-refractivity contribution in [3.63, 3.8) is 0 Å². The molecule has 1 aliphatic rings. The van der Waals surface area contributed by atoms with Crippen LogP contribution in [0, 0.1) is 0 Å². The van der Waals surface area contributed by atoms with Gasteiger partial charge in [0.1, 0.15) is 0 Å². The number of rotatable bonds is 5. The quantitative estimate of drug-likeness (QED) is 0.904. The zero-order valence-electron chi connectivity index (χ0n) is 14.2. The molecule has 120 valence electrons. The van der Waals surface area contributed by atoms with E-state index in [1.165, 1.54) is 10.6 Å². The summed E-state index contributed by atoms with van der Waals surface area (Å²) >= 11 is 1.83. The minimum absolute atomic E-state index is 0.108. The van der Waals surface area contributed by atoms with Crippen LogP contribution in [-0.2, 0) is 11.3 Å². The fourth-order valence-corrected chi connectivity index (χ4v) is 4.09. The van der Waals surface area contributed by atoms with Crippen molar-refractivity contribution in [1.29, 1.82) is 0 Å². The van der Waals surface area contributed by atoms with Crippen molar-refractivity contribution in [3.8, 4) is 0 Å². The number of aromatic nitrogens is 1. The van der Waals surface area contributed by atoms with Gasteiger partial charge in [0.05, 0.1) is 17.4 Å². The summed E-state index contributed by atoms with van der Waals surface area (Å²) in [5.74, 6) is 0.468. The zero-order valence-corrected chi connectivity index (χ0v) is 15.0. The molecule has 5 heteroatoms. The second-order valence-corrected chi connectivity index (χ2v) is 7.87. The molecule has 1 atom stereocenters. The summed E-state index contributed by atoms with van der Waals surface area (Å²) in [5.41, 5.74) is 1.14. The Balaban J connectivity index is 2.23. The molecule has 1 aromatic heterocycles. The van der Waals surface area contributed by atoms with Gasteiger partial charge in [0, 0.05) is 24.5 Å². The smallest absolute Gasteiger partial charge is 0.186 e. The molecule has 1 saturated heterocycles. The highest BCUT2D eigenvalue weighted by atomic mass is 32.1. The molecule has 0 aliphatic carbocycles. The largest absolute Gasteiger partial charge is 0.369 e. The molecule has 1 fully saturated rings. The molecule has 21 heavy (non-hydrogen) atoms. The summed E-state index contributed by atoms with van der Waals surface area (Å²) < 4.78 is 6.00. The molecular weight excluding hydrogens is 282 g/mol. The SMILES string of the molecule is CCNCc1sc(N2CC(C)OC(C)(C)C2)nc1C(C)C. The highest BCUT2D eigenvalue weighted by molar-refractivity contribution is 7.15. The van der Waals surface area contributed by atoms with Crippen LogP contribution in [0.3, 0.4) is 0 Å². The number of thiazole rings is 1. The first kappa shape index (κ1) is 16.7. The van der Waals surface area contributed by atoms with Gasteiger partial charge in [-0.05, 0) is 33.2 Å². The van der Waals surface area contributed by atoms with Gasteiger partial charge in [-0.15, -0.1) is 11.3 Å². The van der Waals surface area contributed by atoms with Crippen LogP contribution in [-0.4, -0.2) is 36.3 Å². The number of nitrogens with one attached hydrogen (secondary N) is 1. The summed E-state index contributed by atoms with van der Waals surface area (Å²) in [7, 11) is 0. The molecule has 0 amide bonds. The third-order valence-electron chi connectivity index (χ3n) is 3.64. The Morgan fingerprint density at radius 1 is 1.48 bits per heavy atom.